The highest BCUT2D eigenvalue weighted by Crippen LogP contribution is 2.10. The van der Waals surface area contributed by atoms with Crippen LogP contribution in [0.3, 0.4) is 0 Å². The first kappa shape index (κ1) is 20.9. The molecule has 0 spiro atoms. The fourth-order valence-corrected chi connectivity index (χ4v) is 3.82. The molecule has 0 bridgehead atoms. The Morgan fingerprint density at radius 2 is 1.78 bits per heavy atom. The molecule has 0 fully saturated rings. The van der Waals surface area contributed by atoms with E-state index >= 15 is 0 Å². The fourth-order valence-electron chi connectivity index (χ4n) is 2.10. The third-order valence-electron chi connectivity index (χ3n) is 3.47. The maximum absolute atomic E-state index is 12.5. The molecule has 1 aromatic carbocycles. The number of amides is 2. The van der Waals surface area contributed by atoms with Gasteiger partial charge in [-0.1, -0.05) is 24.3 Å². The molecule has 0 aliphatic heterocycles. The van der Waals surface area contributed by atoms with E-state index in [1.807, 2.05) is 6.26 Å². The largest absolute Gasteiger partial charge is 0.288 e. The zero-order valence-corrected chi connectivity index (χ0v) is 16.2. The summed E-state index contributed by atoms with van der Waals surface area (Å²) in [5, 5.41) is 0. The number of nitrogens with zero attached hydrogens (tertiary/aromatic N) is 1. The van der Waals surface area contributed by atoms with Gasteiger partial charge in [0, 0.05) is 6.20 Å². The third-order valence-corrected chi connectivity index (χ3v) is 5.61. The Morgan fingerprint density at radius 1 is 1.07 bits per heavy atom. The Bertz CT molecular complexity index is 861. The van der Waals surface area contributed by atoms with Crippen molar-refractivity contribution in [2.75, 3.05) is 12.0 Å². The Labute approximate surface area is 162 Å². The van der Waals surface area contributed by atoms with Crippen LogP contribution in [-0.2, 0) is 14.8 Å². The van der Waals surface area contributed by atoms with Crippen LogP contribution in [0.5, 0.6) is 0 Å². The second-order valence-corrected chi connectivity index (χ2v) is 8.13. The molecule has 0 radical (unpaired) electrons. The maximum Gasteiger partial charge on any atom is 0.288 e. The molecule has 0 aliphatic carbocycles. The van der Waals surface area contributed by atoms with E-state index in [9.17, 15) is 18.0 Å². The van der Waals surface area contributed by atoms with E-state index in [0.29, 0.717) is 5.75 Å². The third kappa shape index (κ3) is 6.35. The van der Waals surface area contributed by atoms with Crippen LogP contribution in [0.1, 0.15) is 16.9 Å². The second-order valence-electron chi connectivity index (χ2n) is 5.43. The molecular weight excluding hydrogens is 388 g/mol. The van der Waals surface area contributed by atoms with E-state index in [2.05, 4.69) is 20.6 Å². The first-order valence-corrected chi connectivity index (χ1v) is 10.9. The summed E-state index contributed by atoms with van der Waals surface area (Å²) < 4.78 is 27.3. The number of carbonyl (C=O) groups excluding carboxylic acids is 2. The van der Waals surface area contributed by atoms with Gasteiger partial charge in [-0.15, -0.1) is 0 Å². The lowest BCUT2D eigenvalue weighted by molar-refractivity contribution is -0.123. The maximum atomic E-state index is 12.5. The van der Waals surface area contributed by atoms with Crippen LogP contribution in [-0.4, -0.2) is 43.3 Å². The molecule has 1 atom stereocenters. The predicted octanol–water partition coefficient (Wildman–Crippen LogP) is 0.943. The van der Waals surface area contributed by atoms with Gasteiger partial charge < -0.3 is 0 Å². The highest BCUT2D eigenvalue weighted by atomic mass is 32.2. The molecule has 0 unspecified atom stereocenters. The summed E-state index contributed by atoms with van der Waals surface area (Å²) in [6, 6.07) is 11.5. The zero-order chi connectivity index (χ0) is 19.7. The molecule has 8 nitrogen and oxygen atoms in total. The van der Waals surface area contributed by atoms with Crippen LogP contribution >= 0.6 is 11.8 Å². The van der Waals surface area contributed by atoms with Gasteiger partial charge in [-0.2, -0.15) is 16.5 Å². The lowest BCUT2D eigenvalue weighted by Gasteiger charge is -2.18. The van der Waals surface area contributed by atoms with Crippen molar-refractivity contribution in [3.8, 4) is 0 Å². The summed E-state index contributed by atoms with van der Waals surface area (Å²) in [7, 11) is -3.87. The number of hydrogen-bond acceptors (Lipinski definition) is 6. The summed E-state index contributed by atoms with van der Waals surface area (Å²) in [5.41, 5.74) is 4.62. The molecule has 27 heavy (non-hydrogen) atoms. The average molecular weight is 409 g/mol. The summed E-state index contributed by atoms with van der Waals surface area (Å²) in [6.07, 6.45) is 3.56. The van der Waals surface area contributed by atoms with Crippen molar-refractivity contribution in [2.24, 2.45) is 0 Å². The van der Waals surface area contributed by atoms with Gasteiger partial charge in [-0.25, -0.2) is 8.42 Å². The van der Waals surface area contributed by atoms with Gasteiger partial charge in [-0.3, -0.25) is 25.4 Å². The van der Waals surface area contributed by atoms with Crippen molar-refractivity contribution < 1.29 is 18.0 Å². The molecule has 0 saturated carbocycles. The molecule has 144 valence electrons. The van der Waals surface area contributed by atoms with Gasteiger partial charge >= 0.3 is 0 Å². The second kappa shape index (κ2) is 10.0. The molecular formula is C17H20N4O4S2. The van der Waals surface area contributed by atoms with E-state index in [-0.39, 0.29) is 17.0 Å². The molecule has 2 amide bonds. The SMILES string of the molecule is CSCC[C@@H](NS(=O)(=O)c1ccccc1)C(=O)NNC(=O)c1ccccn1. The number of pyridine rings is 1. The summed E-state index contributed by atoms with van der Waals surface area (Å²) >= 11 is 1.48. The average Bonchev–Trinajstić information content (AvgIpc) is 2.70. The van der Waals surface area contributed by atoms with E-state index in [1.165, 1.54) is 36.2 Å². The van der Waals surface area contributed by atoms with Gasteiger partial charge in [0.1, 0.15) is 11.7 Å². The number of thioether (sulfide) groups is 1. The number of aromatic nitrogens is 1. The van der Waals surface area contributed by atoms with Crippen LogP contribution in [0.15, 0.2) is 59.6 Å². The van der Waals surface area contributed by atoms with Crippen LogP contribution in [0, 0.1) is 0 Å². The van der Waals surface area contributed by atoms with E-state index in [4.69, 9.17) is 0 Å². The Hall–Kier alpha value is -2.43. The van der Waals surface area contributed by atoms with Crippen LogP contribution in [0.25, 0.3) is 0 Å². The van der Waals surface area contributed by atoms with Gasteiger partial charge in [0.2, 0.25) is 10.0 Å². The smallest absolute Gasteiger partial charge is 0.271 e. The molecule has 0 aliphatic rings. The summed E-state index contributed by atoms with van der Waals surface area (Å²) in [5.74, 6) is -0.699. The van der Waals surface area contributed by atoms with Gasteiger partial charge in [0.05, 0.1) is 4.90 Å². The van der Waals surface area contributed by atoms with Crippen molar-refractivity contribution in [1.82, 2.24) is 20.6 Å². The normalized spacial score (nSPS) is 12.2. The number of nitrogens with one attached hydrogen (secondary N) is 3. The predicted molar refractivity (Wildman–Crippen MR) is 103 cm³/mol. The van der Waals surface area contributed by atoms with Crippen LogP contribution < -0.4 is 15.6 Å². The van der Waals surface area contributed by atoms with Crippen molar-refractivity contribution in [2.45, 2.75) is 17.4 Å². The number of sulfonamides is 1. The van der Waals surface area contributed by atoms with Crippen molar-refractivity contribution in [3.05, 3.63) is 60.4 Å². The standard InChI is InChI=1S/C17H20N4O4S2/c1-26-12-10-15(21-27(24,25)13-7-3-2-4-8-13)17(23)20-19-16(22)14-9-5-6-11-18-14/h2-9,11,15,21H,10,12H2,1H3,(H,19,22)(H,20,23)/t15-/m1/s1. The van der Waals surface area contributed by atoms with Crippen molar-refractivity contribution in [3.63, 3.8) is 0 Å². The first-order chi connectivity index (χ1) is 12.9. The Kier molecular flexibility index (Phi) is 7.77. The highest BCUT2D eigenvalue weighted by molar-refractivity contribution is 7.98. The fraction of sp³-hybridized carbons (Fsp3) is 0.235. The van der Waals surface area contributed by atoms with Crippen molar-refractivity contribution in [1.29, 1.82) is 0 Å². The summed E-state index contributed by atoms with van der Waals surface area (Å²) in [6.45, 7) is 0. The molecule has 2 rings (SSSR count). The summed E-state index contributed by atoms with van der Waals surface area (Å²) in [4.78, 5) is 28.3. The minimum atomic E-state index is -3.87. The lowest BCUT2D eigenvalue weighted by atomic mass is 10.2. The number of benzene rings is 1. The minimum Gasteiger partial charge on any atom is -0.271 e. The molecule has 2 aromatic rings. The van der Waals surface area contributed by atoms with Gasteiger partial charge in [0.15, 0.2) is 0 Å². The Morgan fingerprint density at radius 3 is 2.41 bits per heavy atom. The lowest BCUT2D eigenvalue weighted by Crippen LogP contribution is -2.52. The first-order valence-electron chi connectivity index (χ1n) is 8.01. The quantitative estimate of drug-likeness (QED) is 0.560. The molecule has 3 N–H and O–H groups in total. The number of hydrazine groups is 1. The van der Waals surface area contributed by atoms with Crippen molar-refractivity contribution >= 4 is 33.6 Å². The number of carbonyl (C=O) groups is 2. The van der Waals surface area contributed by atoms with E-state index in [0.717, 1.165) is 0 Å². The monoisotopic (exact) mass is 408 g/mol. The van der Waals surface area contributed by atoms with Gasteiger partial charge in [0.25, 0.3) is 11.8 Å². The minimum absolute atomic E-state index is 0.0597. The zero-order valence-electron chi connectivity index (χ0n) is 14.6. The molecule has 0 saturated heterocycles. The topological polar surface area (TPSA) is 117 Å². The van der Waals surface area contributed by atoms with Gasteiger partial charge in [-0.05, 0) is 42.7 Å². The number of hydrogen-bond donors (Lipinski definition) is 3. The number of rotatable bonds is 8. The van der Waals surface area contributed by atoms with Crippen LogP contribution in [0.4, 0.5) is 0 Å². The Balaban J connectivity index is 2.04. The molecule has 1 heterocycles. The highest BCUT2D eigenvalue weighted by Gasteiger charge is 2.25. The van der Waals surface area contributed by atoms with E-state index < -0.39 is 27.9 Å². The molecule has 10 heteroatoms. The van der Waals surface area contributed by atoms with Crippen LogP contribution in [0.2, 0.25) is 0 Å². The molecule has 1 aromatic heterocycles. The van der Waals surface area contributed by atoms with E-state index in [1.54, 1.807) is 30.3 Å².